The quantitative estimate of drug-likeness (QED) is 0.729. The monoisotopic (exact) mass is 302 g/mol. The maximum absolute atomic E-state index is 12.0. The van der Waals surface area contributed by atoms with E-state index in [9.17, 15) is 14.7 Å². The van der Waals surface area contributed by atoms with Gasteiger partial charge in [0.1, 0.15) is 0 Å². The lowest BCUT2D eigenvalue weighted by Gasteiger charge is -2.39. The van der Waals surface area contributed by atoms with Crippen molar-refractivity contribution in [3.05, 3.63) is 0 Å². The molecule has 1 unspecified atom stereocenters. The van der Waals surface area contributed by atoms with Crippen LogP contribution in [-0.2, 0) is 4.79 Å². The molecule has 1 rings (SSSR count). The molecule has 20 heavy (non-hydrogen) atoms. The van der Waals surface area contributed by atoms with Gasteiger partial charge in [0, 0.05) is 11.3 Å². The maximum Gasteiger partial charge on any atom is 0.315 e. The highest BCUT2D eigenvalue weighted by molar-refractivity contribution is 8.00. The summed E-state index contributed by atoms with van der Waals surface area (Å²) in [7, 11) is 0. The first kappa shape index (κ1) is 17.1. The molecule has 0 aromatic carbocycles. The molecule has 0 aromatic rings. The fraction of sp³-hybridized carbons (Fsp3) is 0.857. The number of carboxylic acids is 1. The van der Waals surface area contributed by atoms with E-state index in [1.807, 2.05) is 11.8 Å². The van der Waals surface area contributed by atoms with Gasteiger partial charge in [-0.1, -0.05) is 0 Å². The van der Waals surface area contributed by atoms with Gasteiger partial charge in [0.05, 0.1) is 11.0 Å². The highest BCUT2D eigenvalue weighted by Crippen LogP contribution is 2.37. The first-order chi connectivity index (χ1) is 9.00. The summed E-state index contributed by atoms with van der Waals surface area (Å²) in [5, 5.41) is 14.9. The standard InChI is InChI=1S/C14H26N2O3S/c1-12(2,10(17)18)13(3,4)16-11(19)15-9-14(5)7-6-8-20-14/h6-9H2,1-5H3,(H,17,18)(H2,15,16,19). The van der Waals surface area contributed by atoms with Crippen molar-refractivity contribution in [1.82, 2.24) is 10.6 Å². The van der Waals surface area contributed by atoms with Crippen LogP contribution in [0, 0.1) is 5.41 Å². The van der Waals surface area contributed by atoms with Crippen molar-refractivity contribution in [1.29, 1.82) is 0 Å². The Labute approximate surface area is 125 Å². The van der Waals surface area contributed by atoms with Crippen LogP contribution in [0.2, 0.25) is 0 Å². The van der Waals surface area contributed by atoms with Crippen molar-refractivity contribution in [2.45, 2.75) is 57.7 Å². The van der Waals surface area contributed by atoms with Crippen LogP contribution in [0.4, 0.5) is 4.79 Å². The Balaban J connectivity index is 2.55. The lowest BCUT2D eigenvalue weighted by atomic mass is 9.74. The van der Waals surface area contributed by atoms with E-state index in [1.54, 1.807) is 27.7 Å². The van der Waals surface area contributed by atoms with E-state index in [4.69, 9.17) is 0 Å². The third-order valence-corrected chi connectivity index (χ3v) is 5.98. The van der Waals surface area contributed by atoms with E-state index in [-0.39, 0.29) is 10.8 Å². The molecule has 1 atom stereocenters. The maximum atomic E-state index is 12.0. The number of carbonyl (C=O) groups is 2. The summed E-state index contributed by atoms with van der Waals surface area (Å²) in [6.45, 7) is 9.44. The molecule has 1 aliphatic heterocycles. The second-order valence-electron chi connectivity index (χ2n) is 6.76. The topological polar surface area (TPSA) is 78.4 Å². The fourth-order valence-electron chi connectivity index (χ4n) is 2.00. The molecule has 0 spiro atoms. The largest absolute Gasteiger partial charge is 0.481 e. The second-order valence-corrected chi connectivity index (χ2v) is 8.45. The molecule has 0 bridgehead atoms. The van der Waals surface area contributed by atoms with Gasteiger partial charge in [-0.3, -0.25) is 4.79 Å². The van der Waals surface area contributed by atoms with Crippen LogP contribution >= 0.6 is 11.8 Å². The van der Waals surface area contributed by atoms with Crippen molar-refractivity contribution in [3.63, 3.8) is 0 Å². The van der Waals surface area contributed by atoms with Gasteiger partial charge in [-0.2, -0.15) is 11.8 Å². The number of thioether (sulfide) groups is 1. The zero-order valence-electron chi connectivity index (χ0n) is 13.0. The molecule has 1 saturated heterocycles. The van der Waals surface area contributed by atoms with E-state index in [0.717, 1.165) is 12.2 Å². The normalized spacial score (nSPS) is 23.4. The Kier molecular flexibility index (Phi) is 5.00. The van der Waals surface area contributed by atoms with Crippen molar-refractivity contribution in [2.24, 2.45) is 5.41 Å². The number of carbonyl (C=O) groups excluding carboxylic acids is 1. The molecule has 3 N–H and O–H groups in total. The predicted octanol–water partition coefficient (Wildman–Crippen LogP) is 2.46. The summed E-state index contributed by atoms with van der Waals surface area (Å²) in [6, 6.07) is -0.307. The first-order valence-electron chi connectivity index (χ1n) is 6.94. The molecular weight excluding hydrogens is 276 g/mol. The van der Waals surface area contributed by atoms with Crippen molar-refractivity contribution in [2.75, 3.05) is 12.3 Å². The van der Waals surface area contributed by atoms with Gasteiger partial charge in [-0.25, -0.2) is 4.79 Å². The third kappa shape index (κ3) is 3.81. The minimum absolute atomic E-state index is 0.101. The summed E-state index contributed by atoms with van der Waals surface area (Å²) in [6.07, 6.45) is 2.28. The van der Waals surface area contributed by atoms with E-state index in [2.05, 4.69) is 17.6 Å². The first-order valence-corrected chi connectivity index (χ1v) is 7.92. The van der Waals surface area contributed by atoms with Crippen LogP contribution in [0.3, 0.4) is 0 Å². The van der Waals surface area contributed by atoms with Gasteiger partial charge in [0.2, 0.25) is 0 Å². The fourth-order valence-corrected chi connectivity index (χ4v) is 3.24. The number of hydrogen-bond donors (Lipinski definition) is 3. The molecule has 6 heteroatoms. The summed E-state index contributed by atoms with van der Waals surface area (Å²) in [5.41, 5.74) is -1.89. The van der Waals surface area contributed by atoms with E-state index >= 15 is 0 Å². The smallest absolute Gasteiger partial charge is 0.315 e. The molecule has 0 saturated carbocycles. The zero-order valence-corrected chi connectivity index (χ0v) is 13.8. The minimum Gasteiger partial charge on any atom is -0.481 e. The van der Waals surface area contributed by atoms with Crippen LogP contribution < -0.4 is 10.6 Å². The molecule has 5 nitrogen and oxygen atoms in total. The van der Waals surface area contributed by atoms with E-state index in [1.165, 1.54) is 6.42 Å². The lowest BCUT2D eigenvalue weighted by Crippen LogP contribution is -2.59. The Bertz CT molecular complexity index is 388. The number of hydrogen-bond acceptors (Lipinski definition) is 3. The van der Waals surface area contributed by atoms with Crippen LogP contribution in [0.25, 0.3) is 0 Å². The van der Waals surface area contributed by atoms with E-state index in [0.29, 0.717) is 6.54 Å². The van der Waals surface area contributed by atoms with Crippen molar-refractivity contribution in [3.8, 4) is 0 Å². The molecule has 1 fully saturated rings. The highest BCUT2D eigenvalue weighted by Gasteiger charge is 2.44. The van der Waals surface area contributed by atoms with Crippen molar-refractivity contribution < 1.29 is 14.7 Å². The average Bonchev–Trinajstić information content (AvgIpc) is 2.73. The number of aliphatic carboxylic acids is 1. The molecule has 0 aromatic heterocycles. The summed E-state index contributed by atoms with van der Waals surface area (Å²) >= 11 is 1.88. The van der Waals surface area contributed by atoms with E-state index < -0.39 is 16.9 Å². The molecule has 0 aliphatic carbocycles. The lowest BCUT2D eigenvalue weighted by molar-refractivity contribution is -0.150. The summed E-state index contributed by atoms with van der Waals surface area (Å²) in [5.74, 6) is 0.207. The number of nitrogens with one attached hydrogen (secondary N) is 2. The Morgan fingerprint density at radius 3 is 2.35 bits per heavy atom. The van der Waals surface area contributed by atoms with Gasteiger partial charge in [0.25, 0.3) is 0 Å². The SMILES string of the molecule is CC1(CNC(=O)NC(C)(C)C(C)(C)C(=O)O)CCCS1. The van der Waals surface area contributed by atoms with Gasteiger partial charge >= 0.3 is 12.0 Å². The highest BCUT2D eigenvalue weighted by atomic mass is 32.2. The van der Waals surface area contributed by atoms with Crippen LogP contribution in [0.15, 0.2) is 0 Å². The van der Waals surface area contributed by atoms with Crippen LogP contribution in [0.5, 0.6) is 0 Å². The van der Waals surface area contributed by atoms with Crippen molar-refractivity contribution >= 4 is 23.8 Å². The number of rotatable bonds is 5. The number of carboxylic acid groups (broad SMARTS) is 1. The molecule has 1 heterocycles. The third-order valence-electron chi connectivity index (χ3n) is 4.45. The number of amides is 2. The summed E-state index contributed by atoms with van der Waals surface area (Å²) < 4.78 is 0.101. The molecule has 1 aliphatic rings. The average molecular weight is 302 g/mol. The zero-order chi connectivity index (χ0) is 15.6. The molecule has 2 amide bonds. The van der Waals surface area contributed by atoms with Gasteiger partial charge in [-0.15, -0.1) is 0 Å². The van der Waals surface area contributed by atoms with Crippen LogP contribution in [-0.4, -0.2) is 39.7 Å². The molecular formula is C14H26N2O3S. The van der Waals surface area contributed by atoms with Gasteiger partial charge in [-0.05, 0) is 53.2 Å². The van der Waals surface area contributed by atoms with Gasteiger partial charge in [0.15, 0.2) is 0 Å². The second kappa shape index (κ2) is 5.84. The van der Waals surface area contributed by atoms with Crippen LogP contribution in [0.1, 0.15) is 47.5 Å². The molecule has 0 radical (unpaired) electrons. The summed E-state index contributed by atoms with van der Waals surface area (Å²) in [4.78, 5) is 23.3. The predicted molar refractivity (Wildman–Crippen MR) is 82.1 cm³/mol. The van der Waals surface area contributed by atoms with Gasteiger partial charge < -0.3 is 15.7 Å². The number of urea groups is 1. The Morgan fingerprint density at radius 1 is 1.30 bits per heavy atom. The Morgan fingerprint density at radius 2 is 1.90 bits per heavy atom. The Hall–Kier alpha value is -0.910. The minimum atomic E-state index is -1.05. The molecule has 116 valence electrons.